The van der Waals surface area contributed by atoms with Gasteiger partial charge in [0.1, 0.15) is 17.3 Å². The van der Waals surface area contributed by atoms with E-state index < -0.39 is 10.0 Å². The first-order valence-corrected chi connectivity index (χ1v) is 13.9. The van der Waals surface area contributed by atoms with Crippen LogP contribution in [0, 0.1) is 0 Å². The Bertz CT molecular complexity index is 1380. The van der Waals surface area contributed by atoms with Crippen molar-refractivity contribution in [1.29, 1.82) is 0 Å². The summed E-state index contributed by atoms with van der Waals surface area (Å²) in [6, 6.07) is 18.1. The molecule has 2 heterocycles. The van der Waals surface area contributed by atoms with Crippen molar-refractivity contribution in [1.82, 2.24) is 15.0 Å². The maximum absolute atomic E-state index is 11.5. The summed E-state index contributed by atoms with van der Waals surface area (Å²) in [4.78, 5) is 13.3. The Morgan fingerprint density at radius 3 is 2.11 bits per heavy atom. The van der Waals surface area contributed by atoms with Crippen LogP contribution in [-0.2, 0) is 29.5 Å². The second-order valence-electron chi connectivity index (χ2n) is 8.52. The van der Waals surface area contributed by atoms with Crippen molar-refractivity contribution < 1.29 is 17.9 Å². The largest absolute Gasteiger partial charge is 0.497 e. The lowest BCUT2D eigenvalue weighted by molar-refractivity contribution is 0.414. The summed E-state index contributed by atoms with van der Waals surface area (Å²) < 4.78 is 36.6. The summed E-state index contributed by atoms with van der Waals surface area (Å²) in [5, 5.41) is 6.58. The Balaban J connectivity index is 1.51. The van der Waals surface area contributed by atoms with Crippen molar-refractivity contribution in [3.05, 3.63) is 89.7 Å². The highest BCUT2D eigenvalue weighted by Crippen LogP contribution is 2.25. The minimum Gasteiger partial charge on any atom is -0.497 e. The van der Waals surface area contributed by atoms with Gasteiger partial charge in [-0.1, -0.05) is 19.1 Å². The Hall–Kier alpha value is -4.38. The number of hydrogen-bond donors (Lipinski definition) is 3. The van der Waals surface area contributed by atoms with Crippen LogP contribution in [0.15, 0.2) is 73.1 Å². The van der Waals surface area contributed by atoms with Crippen LogP contribution in [0.4, 0.5) is 17.5 Å². The van der Waals surface area contributed by atoms with Gasteiger partial charge in [-0.25, -0.2) is 18.4 Å². The Morgan fingerprint density at radius 2 is 1.47 bits per heavy atom. The van der Waals surface area contributed by atoms with Gasteiger partial charge in [0.25, 0.3) is 0 Å². The number of anilines is 3. The second kappa shape index (κ2) is 12.2. The van der Waals surface area contributed by atoms with Crippen molar-refractivity contribution in [2.24, 2.45) is 0 Å². The molecule has 10 nitrogen and oxygen atoms in total. The van der Waals surface area contributed by atoms with Gasteiger partial charge < -0.3 is 20.1 Å². The number of methoxy groups -OCH3 is 1. The minimum atomic E-state index is -3.36. The maximum atomic E-state index is 11.5. The van der Waals surface area contributed by atoms with Gasteiger partial charge in [-0.05, 0) is 65.6 Å². The Kier molecular flexibility index (Phi) is 8.59. The molecule has 0 radical (unpaired) electrons. The molecule has 4 rings (SSSR count). The van der Waals surface area contributed by atoms with Gasteiger partial charge >= 0.3 is 0 Å². The van der Waals surface area contributed by atoms with Gasteiger partial charge in [-0.15, -0.1) is 0 Å². The first-order valence-electron chi connectivity index (χ1n) is 12.0. The number of pyridine rings is 1. The standard InChI is InChI=1S/C27H30N6O4S/c1-4-19-15-29-27(30-16-19)31-18-21-13-25(28-17-20-5-9-23(36-2)10-6-20)32-26(14-21)37-24-11-7-22(8-12-24)33-38(3,34)35/h5-16,33H,4,17-18H2,1-3H3,(H,28,32)(H,29,30,31). The molecule has 3 N–H and O–H groups in total. The van der Waals surface area contributed by atoms with E-state index in [1.165, 1.54) is 0 Å². The van der Waals surface area contributed by atoms with Crippen LogP contribution in [0.3, 0.4) is 0 Å². The third kappa shape index (κ3) is 8.07. The van der Waals surface area contributed by atoms with Crippen LogP contribution < -0.4 is 24.8 Å². The SMILES string of the molecule is CCc1cnc(NCc2cc(NCc3ccc(OC)cc3)nc(Oc3ccc(NS(C)(=O)=O)cc3)c2)nc1. The molecule has 0 aliphatic rings. The number of aromatic nitrogens is 3. The third-order valence-corrected chi connectivity index (χ3v) is 6.04. The van der Waals surface area contributed by atoms with E-state index >= 15 is 0 Å². The first-order chi connectivity index (χ1) is 18.3. The number of hydrogen-bond acceptors (Lipinski definition) is 9. The lowest BCUT2D eigenvalue weighted by Gasteiger charge is -2.13. The molecule has 2 aromatic carbocycles. The predicted molar refractivity (Wildman–Crippen MR) is 148 cm³/mol. The number of ether oxygens (including phenoxy) is 2. The maximum Gasteiger partial charge on any atom is 0.229 e. The van der Waals surface area contributed by atoms with Gasteiger partial charge in [0, 0.05) is 37.2 Å². The molecule has 0 saturated carbocycles. The zero-order valence-electron chi connectivity index (χ0n) is 21.4. The molecule has 0 unspecified atom stereocenters. The highest BCUT2D eigenvalue weighted by molar-refractivity contribution is 7.92. The van der Waals surface area contributed by atoms with Crippen LogP contribution in [0.2, 0.25) is 0 Å². The number of sulfonamides is 1. The monoisotopic (exact) mass is 534 g/mol. The van der Waals surface area contributed by atoms with Crippen LogP contribution in [0.1, 0.15) is 23.6 Å². The highest BCUT2D eigenvalue weighted by atomic mass is 32.2. The summed E-state index contributed by atoms with van der Waals surface area (Å²) in [6.07, 6.45) is 5.59. The zero-order chi connectivity index (χ0) is 27.0. The third-order valence-electron chi connectivity index (χ3n) is 5.44. The van der Waals surface area contributed by atoms with E-state index in [4.69, 9.17) is 9.47 Å². The predicted octanol–water partition coefficient (Wildman–Crippen LogP) is 4.83. The topological polar surface area (TPSA) is 127 Å². The molecular formula is C27H30N6O4S. The molecule has 2 aromatic heterocycles. The van der Waals surface area contributed by atoms with E-state index in [0.717, 1.165) is 35.1 Å². The van der Waals surface area contributed by atoms with E-state index in [-0.39, 0.29) is 0 Å². The molecular weight excluding hydrogens is 504 g/mol. The fourth-order valence-electron chi connectivity index (χ4n) is 3.48. The van der Waals surface area contributed by atoms with Gasteiger partial charge in [-0.3, -0.25) is 4.72 Å². The molecule has 0 atom stereocenters. The average molecular weight is 535 g/mol. The molecule has 38 heavy (non-hydrogen) atoms. The lowest BCUT2D eigenvalue weighted by Crippen LogP contribution is -2.09. The van der Waals surface area contributed by atoms with Gasteiger partial charge in [-0.2, -0.15) is 4.98 Å². The smallest absolute Gasteiger partial charge is 0.229 e. The quantitative estimate of drug-likeness (QED) is 0.234. The first kappa shape index (κ1) is 26.7. The molecule has 0 amide bonds. The molecule has 11 heteroatoms. The van der Waals surface area contributed by atoms with Crippen molar-refractivity contribution in [3.8, 4) is 17.4 Å². The summed E-state index contributed by atoms with van der Waals surface area (Å²) in [6.45, 7) is 3.07. The number of benzene rings is 2. The molecule has 0 aliphatic heterocycles. The summed E-state index contributed by atoms with van der Waals surface area (Å²) in [7, 11) is -1.73. The van der Waals surface area contributed by atoms with Crippen LogP contribution in [0.5, 0.6) is 17.4 Å². The zero-order valence-corrected chi connectivity index (χ0v) is 22.2. The van der Waals surface area contributed by atoms with Crippen molar-refractivity contribution >= 4 is 27.5 Å². The van der Waals surface area contributed by atoms with E-state index in [2.05, 4.69) is 37.2 Å². The molecule has 4 aromatic rings. The van der Waals surface area contributed by atoms with Crippen molar-refractivity contribution in [2.75, 3.05) is 28.7 Å². The normalized spacial score (nSPS) is 11.0. The molecule has 0 bridgehead atoms. The number of nitrogens with one attached hydrogen (secondary N) is 3. The highest BCUT2D eigenvalue weighted by Gasteiger charge is 2.08. The Morgan fingerprint density at radius 1 is 0.816 bits per heavy atom. The van der Waals surface area contributed by atoms with Crippen molar-refractivity contribution in [3.63, 3.8) is 0 Å². The van der Waals surface area contributed by atoms with Crippen LogP contribution in [0.25, 0.3) is 0 Å². The van der Waals surface area contributed by atoms with Gasteiger partial charge in [0.2, 0.25) is 21.9 Å². The number of nitrogens with zero attached hydrogens (tertiary/aromatic N) is 3. The number of rotatable bonds is 12. The lowest BCUT2D eigenvalue weighted by atomic mass is 10.2. The molecule has 0 fully saturated rings. The van der Waals surface area contributed by atoms with E-state index in [9.17, 15) is 8.42 Å². The summed E-state index contributed by atoms with van der Waals surface area (Å²) in [5.74, 6) is 2.85. The molecule has 198 valence electrons. The summed E-state index contributed by atoms with van der Waals surface area (Å²) in [5.41, 5.74) is 3.49. The van der Waals surface area contributed by atoms with Crippen LogP contribution >= 0.6 is 0 Å². The second-order valence-corrected chi connectivity index (χ2v) is 10.3. The van der Waals surface area contributed by atoms with Gasteiger partial charge in [0.05, 0.1) is 13.4 Å². The Labute approximate surface area is 222 Å². The van der Waals surface area contributed by atoms with Crippen LogP contribution in [-0.4, -0.2) is 36.7 Å². The fourth-order valence-corrected chi connectivity index (χ4v) is 4.04. The summed E-state index contributed by atoms with van der Waals surface area (Å²) >= 11 is 0. The van der Waals surface area contributed by atoms with Crippen molar-refractivity contribution in [2.45, 2.75) is 26.4 Å². The van der Waals surface area contributed by atoms with Gasteiger partial charge in [0.15, 0.2) is 0 Å². The molecule has 0 saturated heterocycles. The van der Waals surface area contributed by atoms with E-state index in [0.29, 0.717) is 42.2 Å². The minimum absolute atomic E-state index is 0.382. The average Bonchev–Trinajstić information content (AvgIpc) is 2.91. The van der Waals surface area contributed by atoms with E-state index in [1.807, 2.05) is 36.4 Å². The van der Waals surface area contributed by atoms with E-state index in [1.54, 1.807) is 43.8 Å². The number of aryl methyl sites for hydroxylation is 1. The molecule has 0 aliphatic carbocycles. The fraction of sp³-hybridized carbons (Fsp3) is 0.222. The molecule has 0 spiro atoms.